The maximum absolute atomic E-state index is 9.79. The first-order chi connectivity index (χ1) is 3.92. The summed E-state index contributed by atoms with van der Waals surface area (Å²) in [5, 5.41) is 6.37. The number of nitrogens with two attached hydrogens (primary N) is 1. The number of phosphoric acid groups is 1. The molecule has 0 aromatic rings. The molecule has 0 atom stereocenters. The van der Waals surface area contributed by atoms with E-state index in [0.717, 1.165) is 0 Å². The minimum Gasteiger partial charge on any atom is -0.412 e. The van der Waals surface area contributed by atoms with E-state index in [9.17, 15) is 4.57 Å². The first-order valence-electron chi connectivity index (χ1n) is 1.76. The monoisotopic (exact) mass is 289 g/mol. The molecule has 106 valence electrons. The van der Waals surface area contributed by atoms with Crippen LogP contribution in [0.3, 0.4) is 0 Å². The molecule has 0 aliphatic carbocycles. The Bertz CT molecular complexity index is 160. The van der Waals surface area contributed by atoms with Crippen LogP contribution in [0.5, 0.6) is 0 Å². The van der Waals surface area contributed by atoms with Crippen molar-refractivity contribution in [3.8, 4) is 0 Å². The van der Waals surface area contributed by atoms with Gasteiger partial charge in [-0.2, -0.15) is 4.62 Å². The van der Waals surface area contributed by atoms with Crippen molar-refractivity contribution in [2.45, 2.75) is 0 Å². The summed E-state index contributed by atoms with van der Waals surface area (Å²) in [5.41, 5.74) is 6.09. The molecule has 0 spiro atoms. The second-order valence-corrected chi connectivity index (χ2v) is 2.26. The van der Waals surface area contributed by atoms with Gasteiger partial charge in [-0.15, -0.1) is 0 Å². The molecule has 0 saturated heterocycles. The molecular formula is CH20MgN3O10P. The molecule has 0 radical (unpaired) electrons. The quantitative estimate of drug-likeness (QED) is 0.108. The predicted octanol–water partition coefficient (Wildman–Crippen LogP) is -7.37. The summed E-state index contributed by atoms with van der Waals surface area (Å²) in [6.45, 7) is 0. The van der Waals surface area contributed by atoms with Crippen molar-refractivity contribution < 1.29 is 51.8 Å². The predicted molar refractivity (Wildman–Crippen MR) is 58.4 cm³/mol. The summed E-state index contributed by atoms with van der Waals surface area (Å²) < 4.78 is 13.4. The number of hydroxylamine groups is 1. The molecule has 0 saturated carbocycles. The van der Waals surface area contributed by atoms with Crippen molar-refractivity contribution in [3.05, 3.63) is 0 Å². The Kier molecular flexibility index (Phi) is 85.6. The maximum atomic E-state index is 9.79. The largest absolute Gasteiger partial charge is 0.491 e. The van der Waals surface area contributed by atoms with Crippen LogP contribution in [0.25, 0.3) is 0 Å². The lowest BCUT2D eigenvalue weighted by Gasteiger charge is -2.03. The summed E-state index contributed by atoms with van der Waals surface area (Å²) in [4.78, 5) is 15.9. The Balaban J connectivity index is -0.0000000152. The molecular weight excluding hydrogens is 269 g/mol. The topological polar surface area (TPSA) is 318 Å². The molecule has 0 amide bonds. The van der Waals surface area contributed by atoms with E-state index < -0.39 is 13.8 Å². The lowest BCUT2D eigenvalue weighted by molar-refractivity contribution is 0.162. The average Bonchev–Trinajstić information content (AvgIpc) is 1.59. The highest BCUT2D eigenvalue weighted by atomic mass is 31.2. The molecule has 0 unspecified atom stereocenters. The number of nitrogens with one attached hydrogen (secondary N) is 2. The third-order valence-electron chi connectivity index (χ3n) is 0.275. The van der Waals surface area contributed by atoms with Crippen LogP contribution in [-0.2, 0) is 9.19 Å². The van der Waals surface area contributed by atoms with E-state index in [4.69, 9.17) is 15.2 Å². The van der Waals surface area contributed by atoms with Gasteiger partial charge in [0.2, 0.25) is 5.96 Å². The van der Waals surface area contributed by atoms with Gasteiger partial charge in [-0.3, -0.25) is 5.41 Å². The van der Waals surface area contributed by atoms with Gasteiger partial charge in [-0.1, -0.05) is 0 Å². The number of rotatable bonds is 2. The van der Waals surface area contributed by atoms with Crippen LogP contribution in [0.4, 0.5) is 0 Å². The van der Waals surface area contributed by atoms with Crippen molar-refractivity contribution >= 4 is 36.8 Å². The Morgan fingerprint density at radius 3 is 1.44 bits per heavy atom. The van der Waals surface area contributed by atoms with E-state index in [1.807, 2.05) is 0 Å². The van der Waals surface area contributed by atoms with Crippen LogP contribution < -0.4 is 11.2 Å². The van der Waals surface area contributed by atoms with E-state index in [1.165, 1.54) is 5.48 Å². The molecule has 0 fully saturated rings. The second-order valence-electron chi connectivity index (χ2n) is 1.10. The molecule has 13 nitrogen and oxygen atoms in total. The first kappa shape index (κ1) is 56.5. The summed E-state index contributed by atoms with van der Waals surface area (Å²) in [7, 11) is -4.55. The molecule has 0 aliphatic heterocycles. The van der Waals surface area contributed by atoms with Gasteiger partial charge in [0.1, 0.15) is 0 Å². The van der Waals surface area contributed by atoms with Gasteiger partial charge in [0.25, 0.3) is 0 Å². The van der Waals surface area contributed by atoms with Gasteiger partial charge in [-0.05, 0) is 0 Å². The average molecular weight is 289 g/mol. The lowest BCUT2D eigenvalue weighted by atomic mass is 11.1. The van der Waals surface area contributed by atoms with Crippen LogP contribution in [-0.4, -0.2) is 71.7 Å². The Hall–Kier alpha value is -0.0938. The standard InChI is InChI=1S/CH6N3O4P.Mg.6H2O.2H/c2-1(3)4-8-9(5,6)7;;;;;;;;;/h(H4,2,3,4)(H2,5,6,7);;6*1H2;;. The minimum atomic E-state index is -4.55. The number of hydrogen-bond acceptors (Lipinski definition) is 3. The van der Waals surface area contributed by atoms with E-state index in [0.29, 0.717) is 0 Å². The van der Waals surface area contributed by atoms with Crippen molar-refractivity contribution in [3.63, 3.8) is 0 Å². The van der Waals surface area contributed by atoms with Crippen LogP contribution >= 0.6 is 7.82 Å². The van der Waals surface area contributed by atoms with Crippen LogP contribution in [0, 0.1) is 5.41 Å². The van der Waals surface area contributed by atoms with Crippen LogP contribution in [0.2, 0.25) is 0 Å². The van der Waals surface area contributed by atoms with Crippen molar-refractivity contribution in [2.75, 3.05) is 0 Å². The molecule has 18 N–H and O–H groups in total. The number of guanidine groups is 1. The van der Waals surface area contributed by atoms with E-state index >= 15 is 0 Å². The fourth-order valence-corrected chi connectivity index (χ4v) is 0.326. The summed E-state index contributed by atoms with van der Waals surface area (Å²) in [5.74, 6) is -0.668. The molecule has 16 heavy (non-hydrogen) atoms. The molecule has 15 heteroatoms. The highest BCUT2D eigenvalue weighted by Crippen LogP contribution is 2.33. The third-order valence-corrected chi connectivity index (χ3v) is 0.604. The second kappa shape index (κ2) is 24.2. The zero-order valence-corrected chi connectivity index (χ0v) is 8.13. The Morgan fingerprint density at radius 2 is 1.38 bits per heavy atom. The Morgan fingerprint density at radius 1 is 1.12 bits per heavy atom. The zero-order valence-electron chi connectivity index (χ0n) is 7.24. The minimum absolute atomic E-state index is 0. The highest BCUT2D eigenvalue weighted by Gasteiger charge is 2.13. The summed E-state index contributed by atoms with van der Waals surface area (Å²) in [6, 6.07) is 0. The molecule has 0 aliphatic rings. The van der Waals surface area contributed by atoms with E-state index in [1.54, 1.807) is 0 Å². The summed E-state index contributed by atoms with van der Waals surface area (Å²) >= 11 is 0. The smallest absolute Gasteiger partial charge is 0.412 e. The fraction of sp³-hybridized carbons (Fsp3) is 0. The molecule has 0 rings (SSSR count). The van der Waals surface area contributed by atoms with E-state index in [-0.39, 0.29) is 55.9 Å². The van der Waals surface area contributed by atoms with Crippen LogP contribution in [0.1, 0.15) is 0 Å². The molecule has 0 heterocycles. The van der Waals surface area contributed by atoms with Crippen molar-refractivity contribution in [1.82, 2.24) is 5.48 Å². The SMILES string of the molecule is N=C(N)NOP(=O)(O)O.O.O.O.O.O.O.[MgH2]. The molecule has 0 aromatic carbocycles. The van der Waals surface area contributed by atoms with Gasteiger partial charge in [-0.25, -0.2) is 10.0 Å². The van der Waals surface area contributed by atoms with Crippen molar-refractivity contribution in [1.29, 1.82) is 5.41 Å². The van der Waals surface area contributed by atoms with Gasteiger partial charge in [0.05, 0.1) is 0 Å². The molecule has 0 bridgehead atoms. The Labute approximate surface area is 106 Å². The van der Waals surface area contributed by atoms with Gasteiger partial charge in [0, 0.05) is 0 Å². The van der Waals surface area contributed by atoms with Crippen LogP contribution in [0.15, 0.2) is 0 Å². The van der Waals surface area contributed by atoms with Gasteiger partial charge in [0.15, 0.2) is 0 Å². The first-order valence-corrected chi connectivity index (χ1v) is 3.29. The van der Waals surface area contributed by atoms with Crippen molar-refractivity contribution in [2.24, 2.45) is 5.73 Å². The summed E-state index contributed by atoms with van der Waals surface area (Å²) in [6.07, 6.45) is 0. The zero-order chi connectivity index (χ0) is 7.49. The van der Waals surface area contributed by atoms with Gasteiger partial charge >= 0.3 is 30.9 Å². The normalized spacial score (nSPS) is 6.12. The maximum Gasteiger partial charge on any atom is 0.491 e. The third kappa shape index (κ3) is 66.4. The van der Waals surface area contributed by atoms with E-state index in [2.05, 4.69) is 10.4 Å². The van der Waals surface area contributed by atoms with Gasteiger partial charge < -0.3 is 48.4 Å². The number of hydrogen-bond donors (Lipinski definition) is 5. The molecule has 0 aromatic heterocycles. The lowest BCUT2D eigenvalue weighted by Crippen LogP contribution is -2.29. The fourth-order valence-electron chi connectivity index (χ4n) is 0.109. The highest BCUT2D eigenvalue weighted by molar-refractivity contribution is 7.46.